The number of hydrogen-bond acceptors (Lipinski definition) is 4. The molecule has 1 saturated carbocycles. The number of rotatable bonds is 4. The Labute approximate surface area is 124 Å². The molecule has 0 saturated heterocycles. The third-order valence-corrected chi connectivity index (χ3v) is 5.75. The molecule has 0 spiro atoms. The summed E-state index contributed by atoms with van der Waals surface area (Å²) in [6.45, 7) is 9.66. The zero-order valence-electron chi connectivity index (χ0n) is 12.9. The number of aryl methyl sites for hydroxylation is 2. The quantitative estimate of drug-likeness (QED) is 0.942. The molecule has 5 heteroatoms. The lowest BCUT2D eigenvalue weighted by molar-refractivity contribution is -0.0979. The molecule has 1 aliphatic carbocycles. The molecule has 1 aliphatic rings. The van der Waals surface area contributed by atoms with E-state index in [0.29, 0.717) is 12.1 Å². The summed E-state index contributed by atoms with van der Waals surface area (Å²) in [5.74, 6) is 0. The molecule has 2 aromatic heterocycles. The van der Waals surface area contributed by atoms with Crippen molar-refractivity contribution < 1.29 is 4.74 Å². The molecule has 20 heavy (non-hydrogen) atoms. The summed E-state index contributed by atoms with van der Waals surface area (Å²) in [5.41, 5.74) is 3.89. The van der Waals surface area contributed by atoms with Gasteiger partial charge in [-0.15, -0.1) is 11.3 Å². The molecule has 0 bridgehead atoms. The van der Waals surface area contributed by atoms with E-state index in [1.165, 1.54) is 11.4 Å². The lowest BCUT2D eigenvalue weighted by Gasteiger charge is -2.51. The van der Waals surface area contributed by atoms with Crippen LogP contribution < -0.4 is 5.32 Å². The van der Waals surface area contributed by atoms with Gasteiger partial charge in [-0.05, 0) is 20.3 Å². The van der Waals surface area contributed by atoms with E-state index in [9.17, 15) is 0 Å². The molecule has 4 nitrogen and oxygen atoms in total. The largest absolute Gasteiger partial charge is 0.381 e. The minimum Gasteiger partial charge on any atom is -0.381 e. The van der Waals surface area contributed by atoms with E-state index in [1.54, 1.807) is 11.3 Å². The zero-order chi connectivity index (χ0) is 14.5. The van der Waals surface area contributed by atoms with Crippen LogP contribution in [0.25, 0.3) is 4.96 Å². The van der Waals surface area contributed by atoms with Gasteiger partial charge in [-0.3, -0.25) is 4.40 Å². The van der Waals surface area contributed by atoms with Crippen LogP contribution in [0.15, 0.2) is 5.38 Å². The third kappa shape index (κ3) is 2.00. The van der Waals surface area contributed by atoms with Gasteiger partial charge in [-0.25, -0.2) is 4.98 Å². The van der Waals surface area contributed by atoms with Gasteiger partial charge in [0.05, 0.1) is 17.5 Å². The first-order valence-corrected chi connectivity index (χ1v) is 8.01. The third-order valence-electron chi connectivity index (χ3n) is 4.81. The number of imidazole rings is 1. The highest BCUT2D eigenvalue weighted by Gasteiger charge is 2.48. The highest BCUT2D eigenvalue weighted by molar-refractivity contribution is 7.15. The van der Waals surface area contributed by atoms with E-state index in [4.69, 9.17) is 4.74 Å². The number of fused-ring (bicyclic) bond motifs is 1. The molecule has 110 valence electrons. The van der Waals surface area contributed by atoms with Crippen LogP contribution in [-0.4, -0.2) is 28.6 Å². The smallest absolute Gasteiger partial charge is 0.194 e. The van der Waals surface area contributed by atoms with Gasteiger partial charge in [-0.1, -0.05) is 13.8 Å². The second kappa shape index (κ2) is 4.83. The topological polar surface area (TPSA) is 38.6 Å². The lowest BCUT2D eigenvalue weighted by Crippen LogP contribution is -2.60. The van der Waals surface area contributed by atoms with Crippen LogP contribution in [0, 0.1) is 19.3 Å². The first-order valence-electron chi connectivity index (χ1n) is 7.13. The highest BCUT2D eigenvalue weighted by Crippen LogP contribution is 2.42. The monoisotopic (exact) mass is 293 g/mol. The normalized spacial score (nSPS) is 25.1. The Bertz CT molecular complexity index is 628. The molecular formula is C15H23N3OS. The molecule has 2 unspecified atom stereocenters. The van der Waals surface area contributed by atoms with Gasteiger partial charge in [0.25, 0.3) is 0 Å². The summed E-state index contributed by atoms with van der Waals surface area (Å²) in [4.78, 5) is 5.74. The summed E-state index contributed by atoms with van der Waals surface area (Å²) in [7, 11) is 1.81. The van der Waals surface area contributed by atoms with Crippen molar-refractivity contribution in [1.29, 1.82) is 0 Å². The highest BCUT2D eigenvalue weighted by atomic mass is 32.1. The molecule has 0 amide bonds. The van der Waals surface area contributed by atoms with Crippen molar-refractivity contribution in [1.82, 2.24) is 14.7 Å². The maximum atomic E-state index is 5.51. The van der Waals surface area contributed by atoms with E-state index < -0.39 is 0 Å². The lowest BCUT2D eigenvalue weighted by atomic mass is 9.64. The molecule has 0 aromatic carbocycles. The molecule has 2 atom stereocenters. The van der Waals surface area contributed by atoms with Crippen molar-refractivity contribution in [2.24, 2.45) is 5.41 Å². The van der Waals surface area contributed by atoms with Crippen LogP contribution in [0.1, 0.15) is 37.4 Å². The van der Waals surface area contributed by atoms with Crippen LogP contribution in [0.5, 0.6) is 0 Å². The van der Waals surface area contributed by atoms with Gasteiger partial charge >= 0.3 is 0 Å². The minimum absolute atomic E-state index is 0.205. The Balaban J connectivity index is 1.75. The first kappa shape index (κ1) is 14.0. The SMILES string of the molecule is COC1CC(NCc2c(C)nc3scc(C)n23)C1(C)C. The number of aromatic nitrogens is 2. The standard InChI is InChI=1S/C15H23N3OS/c1-9-8-20-14-17-10(2)11(18(9)14)7-16-12-6-13(19-5)15(12,3)4/h8,12-13,16H,6-7H2,1-5H3. The Kier molecular flexibility index (Phi) is 3.39. The van der Waals surface area contributed by atoms with Crippen LogP contribution >= 0.6 is 11.3 Å². The summed E-state index contributed by atoms with van der Waals surface area (Å²) < 4.78 is 7.78. The van der Waals surface area contributed by atoms with E-state index in [0.717, 1.165) is 23.6 Å². The van der Waals surface area contributed by atoms with Gasteiger partial charge in [-0.2, -0.15) is 0 Å². The van der Waals surface area contributed by atoms with Gasteiger partial charge < -0.3 is 10.1 Å². The molecule has 1 N–H and O–H groups in total. The Morgan fingerprint density at radius 1 is 1.50 bits per heavy atom. The second-order valence-corrected chi connectivity index (χ2v) is 7.19. The summed E-state index contributed by atoms with van der Waals surface area (Å²) in [6.07, 6.45) is 1.46. The molecule has 2 aromatic rings. The van der Waals surface area contributed by atoms with Crippen molar-refractivity contribution in [2.45, 2.75) is 52.8 Å². The Morgan fingerprint density at radius 2 is 2.25 bits per heavy atom. The zero-order valence-corrected chi connectivity index (χ0v) is 13.7. The van der Waals surface area contributed by atoms with Gasteiger partial charge in [0.2, 0.25) is 0 Å². The number of methoxy groups -OCH3 is 1. The number of hydrogen-bond donors (Lipinski definition) is 1. The fraction of sp³-hybridized carbons (Fsp3) is 0.667. The van der Waals surface area contributed by atoms with Gasteiger partial charge in [0.1, 0.15) is 0 Å². The Hall–Kier alpha value is -0.910. The predicted molar refractivity (Wildman–Crippen MR) is 82.4 cm³/mol. The van der Waals surface area contributed by atoms with Crippen LogP contribution in [0.3, 0.4) is 0 Å². The number of ether oxygens (including phenoxy) is 1. The van der Waals surface area contributed by atoms with Gasteiger partial charge in [0.15, 0.2) is 4.96 Å². The average molecular weight is 293 g/mol. The van der Waals surface area contributed by atoms with Crippen LogP contribution in [-0.2, 0) is 11.3 Å². The first-order chi connectivity index (χ1) is 9.45. The number of thiazole rings is 1. The molecule has 0 aliphatic heterocycles. The summed E-state index contributed by atoms with van der Waals surface area (Å²) in [6, 6.07) is 0.511. The molecule has 0 radical (unpaired) electrons. The fourth-order valence-electron chi connectivity index (χ4n) is 3.23. The second-order valence-electron chi connectivity index (χ2n) is 6.35. The van der Waals surface area contributed by atoms with E-state index in [-0.39, 0.29) is 5.41 Å². The molecular weight excluding hydrogens is 270 g/mol. The van der Waals surface area contributed by atoms with Crippen LogP contribution in [0.2, 0.25) is 0 Å². The van der Waals surface area contributed by atoms with Crippen LogP contribution in [0.4, 0.5) is 0 Å². The van der Waals surface area contributed by atoms with E-state index >= 15 is 0 Å². The molecule has 1 fully saturated rings. The molecule has 2 heterocycles. The maximum Gasteiger partial charge on any atom is 0.194 e. The minimum atomic E-state index is 0.205. The summed E-state index contributed by atoms with van der Waals surface area (Å²) >= 11 is 1.71. The number of nitrogens with one attached hydrogen (secondary N) is 1. The van der Waals surface area contributed by atoms with E-state index in [2.05, 4.69) is 47.8 Å². The van der Waals surface area contributed by atoms with Crippen molar-refractivity contribution in [2.75, 3.05) is 7.11 Å². The van der Waals surface area contributed by atoms with Gasteiger partial charge in [0, 0.05) is 36.2 Å². The van der Waals surface area contributed by atoms with Crippen molar-refractivity contribution in [3.05, 3.63) is 22.5 Å². The van der Waals surface area contributed by atoms with Crippen molar-refractivity contribution in [3.63, 3.8) is 0 Å². The van der Waals surface area contributed by atoms with Crippen molar-refractivity contribution >= 4 is 16.3 Å². The molecule has 3 rings (SSSR count). The fourth-order valence-corrected chi connectivity index (χ4v) is 4.16. The maximum absolute atomic E-state index is 5.51. The number of nitrogens with zero attached hydrogens (tertiary/aromatic N) is 2. The average Bonchev–Trinajstić information content (AvgIpc) is 2.89. The van der Waals surface area contributed by atoms with E-state index in [1.807, 2.05) is 7.11 Å². The predicted octanol–water partition coefficient (Wildman–Crippen LogP) is 2.92. The Morgan fingerprint density at radius 3 is 2.90 bits per heavy atom. The summed E-state index contributed by atoms with van der Waals surface area (Å²) in [5, 5.41) is 5.86. The van der Waals surface area contributed by atoms with Crippen molar-refractivity contribution in [3.8, 4) is 0 Å².